The molecule has 2 aliphatic rings. The zero-order valence-electron chi connectivity index (χ0n) is 13.8. The highest BCUT2D eigenvalue weighted by molar-refractivity contribution is 7.22. The number of aromatic nitrogens is 1. The lowest BCUT2D eigenvalue weighted by Crippen LogP contribution is -2.45. The van der Waals surface area contributed by atoms with Crippen LogP contribution in [0, 0.1) is 5.92 Å². The van der Waals surface area contributed by atoms with Crippen LogP contribution in [-0.2, 0) is 4.79 Å². The van der Waals surface area contributed by atoms with Crippen LogP contribution in [0.15, 0.2) is 24.3 Å². The number of para-hydroxylation sites is 1. The van der Waals surface area contributed by atoms with E-state index in [4.69, 9.17) is 0 Å². The quantitative estimate of drug-likeness (QED) is 0.846. The molecule has 4 rings (SSSR count). The highest BCUT2D eigenvalue weighted by atomic mass is 32.1. The summed E-state index contributed by atoms with van der Waals surface area (Å²) >= 11 is 1.53. The topological polar surface area (TPSA) is 57.3 Å². The molecule has 2 fully saturated rings. The Bertz CT molecular complexity index is 671. The predicted octanol–water partition coefficient (Wildman–Crippen LogP) is 2.70. The number of rotatable bonds is 6. The number of carbonyl (C=O) groups excluding carboxylic acids is 1. The number of benzene rings is 1. The minimum absolute atomic E-state index is 0.0402. The molecule has 2 heterocycles. The molecule has 1 aliphatic heterocycles. The first-order valence-corrected chi connectivity index (χ1v) is 9.69. The molecule has 1 aromatic heterocycles. The smallest absolute Gasteiger partial charge is 0.240 e. The number of fused-ring (bicyclic) bond motifs is 1. The van der Waals surface area contributed by atoms with Crippen molar-refractivity contribution in [2.24, 2.45) is 5.92 Å². The van der Waals surface area contributed by atoms with Gasteiger partial charge in [0.2, 0.25) is 5.91 Å². The zero-order valence-corrected chi connectivity index (χ0v) is 14.6. The van der Waals surface area contributed by atoms with E-state index in [1.165, 1.54) is 30.7 Å². The average molecular weight is 344 g/mol. The van der Waals surface area contributed by atoms with Crippen molar-refractivity contribution in [1.29, 1.82) is 0 Å². The monoisotopic (exact) mass is 344 g/mol. The molecule has 0 radical (unpaired) electrons. The number of nitrogens with one attached hydrogen (secondary N) is 2. The summed E-state index contributed by atoms with van der Waals surface area (Å²) in [4.78, 5) is 19.0. The van der Waals surface area contributed by atoms with Gasteiger partial charge in [-0.15, -0.1) is 0 Å². The molecule has 0 unspecified atom stereocenters. The highest BCUT2D eigenvalue weighted by Gasteiger charge is 2.25. The summed E-state index contributed by atoms with van der Waals surface area (Å²) in [6.45, 7) is 3.64. The molecule has 0 atom stereocenters. The molecule has 128 valence electrons. The second kappa shape index (κ2) is 7.17. The van der Waals surface area contributed by atoms with Crippen molar-refractivity contribution < 1.29 is 4.79 Å². The van der Waals surface area contributed by atoms with Crippen LogP contribution in [0.2, 0.25) is 0 Å². The number of amides is 1. The number of piperidine rings is 1. The predicted molar refractivity (Wildman–Crippen MR) is 98.4 cm³/mol. The van der Waals surface area contributed by atoms with Crippen molar-refractivity contribution in [2.45, 2.75) is 31.7 Å². The van der Waals surface area contributed by atoms with Gasteiger partial charge in [-0.05, 0) is 50.3 Å². The van der Waals surface area contributed by atoms with Crippen molar-refractivity contribution in [1.82, 2.24) is 15.2 Å². The molecule has 1 saturated carbocycles. The SMILES string of the molecule is O=C(CN1CCC(NCC2CC2)CC1)Nc1nc2ccccc2s1. The maximum atomic E-state index is 12.3. The van der Waals surface area contributed by atoms with Gasteiger partial charge in [-0.2, -0.15) is 0 Å². The van der Waals surface area contributed by atoms with E-state index in [1.54, 1.807) is 0 Å². The van der Waals surface area contributed by atoms with E-state index >= 15 is 0 Å². The lowest BCUT2D eigenvalue weighted by Gasteiger charge is -2.31. The van der Waals surface area contributed by atoms with Crippen LogP contribution in [0.3, 0.4) is 0 Å². The average Bonchev–Trinajstić information content (AvgIpc) is 3.32. The van der Waals surface area contributed by atoms with E-state index < -0.39 is 0 Å². The Morgan fingerprint density at radius 2 is 2.00 bits per heavy atom. The number of hydrogen-bond acceptors (Lipinski definition) is 5. The van der Waals surface area contributed by atoms with Gasteiger partial charge >= 0.3 is 0 Å². The maximum Gasteiger partial charge on any atom is 0.240 e. The molecule has 1 amide bonds. The van der Waals surface area contributed by atoms with Crippen molar-refractivity contribution in [3.63, 3.8) is 0 Å². The first-order valence-electron chi connectivity index (χ1n) is 8.87. The van der Waals surface area contributed by atoms with Crippen LogP contribution in [-0.4, -0.2) is 48.0 Å². The van der Waals surface area contributed by atoms with Crippen molar-refractivity contribution in [3.05, 3.63) is 24.3 Å². The Morgan fingerprint density at radius 3 is 2.75 bits per heavy atom. The van der Waals surface area contributed by atoms with Crippen molar-refractivity contribution >= 4 is 32.6 Å². The van der Waals surface area contributed by atoms with Crippen molar-refractivity contribution in [3.8, 4) is 0 Å². The summed E-state index contributed by atoms with van der Waals surface area (Å²) in [5, 5.41) is 7.32. The molecule has 2 aromatic rings. The first kappa shape index (κ1) is 16.0. The second-order valence-corrected chi connectivity index (χ2v) is 7.97. The third-order valence-electron chi connectivity index (χ3n) is 4.89. The van der Waals surface area contributed by atoms with E-state index in [1.807, 2.05) is 24.3 Å². The largest absolute Gasteiger partial charge is 0.314 e. The molecule has 6 heteroatoms. The Hall–Kier alpha value is -1.50. The summed E-state index contributed by atoms with van der Waals surface area (Å²) in [6, 6.07) is 8.60. The summed E-state index contributed by atoms with van der Waals surface area (Å²) < 4.78 is 1.11. The van der Waals surface area contributed by atoms with Gasteiger partial charge in [0.05, 0.1) is 16.8 Å². The van der Waals surface area contributed by atoms with Crippen LogP contribution >= 0.6 is 11.3 Å². The Labute approximate surface area is 146 Å². The summed E-state index contributed by atoms with van der Waals surface area (Å²) in [6.07, 6.45) is 5.08. The molecule has 2 N–H and O–H groups in total. The molecule has 5 nitrogen and oxygen atoms in total. The van der Waals surface area contributed by atoms with E-state index in [-0.39, 0.29) is 5.91 Å². The molecular weight excluding hydrogens is 320 g/mol. The number of likely N-dealkylation sites (tertiary alicyclic amines) is 1. The fraction of sp³-hybridized carbons (Fsp3) is 0.556. The third kappa shape index (κ3) is 4.12. The van der Waals surface area contributed by atoms with Crippen LogP contribution in [0.4, 0.5) is 5.13 Å². The van der Waals surface area contributed by atoms with E-state index in [9.17, 15) is 4.79 Å². The van der Waals surface area contributed by atoms with Gasteiger partial charge in [-0.3, -0.25) is 9.69 Å². The van der Waals surface area contributed by atoms with Gasteiger partial charge < -0.3 is 10.6 Å². The number of thiazole rings is 1. The fourth-order valence-electron chi connectivity index (χ4n) is 3.24. The Kier molecular flexibility index (Phi) is 4.78. The summed E-state index contributed by atoms with van der Waals surface area (Å²) in [7, 11) is 0. The molecule has 0 spiro atoms. The van der Waals surface area contributed by atoms with E-state index in [2.05, 4.69) is 20.5 Å². The number of hydrogen-bond donors (Lipinski definition) is 2. The van der Waals surface area contributed by atoms with Gasteiger partial charge in [-0.1, -0.05) is 23.5 Å². The third-order valence-corrected chi connectivity index (χ3v) is 5.84. The van der Waals surface area contributed by atoms with Gasteiger partial charge in [0.25, 0.3) is 0 Å². The van der Waals surface area contributed by atoms with E-state index in [0.717, 1.165) is 42.1 Å². The number of carbonyl (C=O) groups is 1. The highest BCUT2D eigenvalue weighted by Crippen LogP contribution is 2.28. The van der Waals surface area contributed by atoms with Crippen LogP contribution in [0.1, 0.15) is 25.7 Å². The lowest BCUT2D eigenvalue weighted by atomic mass is 10.0. The summed E-state index contributed by atoms with van der Waals surface area (Å²) in [5.41, 5.74) is 0.945. The van der Waals surface area contributed by atoms with Crippen LogP contribution in [0.25, 0.3) is 10.2 Å². The number of nitrogens with zero attached hydrogens (tertiary/aromatic N) is 2. The molecule has 0 bridgehead atoms. The second-order valence-electron chi connectivity index (χ2n) is 6.94. The van der Waals surface area contributed by atoms with Gasteiger partial charge in [0, 0.05) is 19.1 Å². The molecular formula is C18H24N4OS. The Balaban J connectivity index is 1.22. The van der Waals surface area contributed by atoms with Crippen LogP contribution < -0.4 is 10.6 Å². The minimum Gasteiger partial charge on any atom is -0.314 e. The molecule has 1 aliphatic carbocycles. The molecule has 24 heavy (non-hydrogen) atoms. The lowest BCUT2D eigenvalue weighted by molar-refractivity contribution is -0.117. The van der Waals surface area contributed by atoms with Gasteiger partial charge in [-0.25, -0.2) is 4.98 Å². The Morgan fingerprint density at radius 1 is 1.21 bits per heavy atom. The standard InChI is InChI=1S/C18H24N4OS/c23-17(21-18-20-15-3-1-2-4-16(15)24-18)12-22-9-7-14(8-10-22)19-11-13-5-6-13/h1-4,13-14,19H,5-12H2,(H,20,21,23). The molecule has 1 aromatic carbocycles. The van der Waals surface area contributed by atoms with Crippen molar-refractivity contribution in [2.75, 3.05) is 31.5 Å². The fourth-order valence-corrected chi connectivity index (χ4v) is 4.12. The van der Waals surface area contributed by atoms with Gasteiger partial charge in [0.15, 0.2) is 5.13 Å². The zero-order chi connectivity index (χ0) is 16.4. The van der Waals surface area contributed by atoms with Crippen LogP contribution in [0.5, 0.6) is 0 Å². The van der Waals surface area contributed by atoms with E-state index in [0.29, 0.717) is 17.7 Å². The normalized spacial score (nSPS) is 19.7. The first-order chi connectivity index (χ1) is 11.8. The molecule has 1 saturated heterocycles. The maximum absolute atomic E-state index is 12.3. The summed E-state index contributed by atoms with van der Waals surface area (Å²) in [5.74, 6) is 0.973. The minimum atomic E-state index is 0.0402. The van der Waals surface area contributed by atoms with Gasteiger partial charge in [0.1, 0.15) is 0 Å². The number of anilines is 1.